The Bertz CT molecular complexity index is 639. The lowest BCUT2D eigenvalue weighted by atomic mass is 9.86. The van der Waals surface area contributed by atoms with Crippen molar-refractivity contribution < 1.29 is 4.79 Å². The van der Waals surface area contributed by atoms with Crippen molar-refractivity contribution in [3.05, 3.63) is 71.3 Å². The van der Waals surface area contributed by atoms with E-state index in [0.29, 0.717) is 6.54 Å². The second-order valence-corrected chi connectivity index (χ2v) is 6.36. The van der Waals surface area contributed by atoms with Crippen LogP contribution in [0.2, 0.25) is 0 Å². The van der Waals surface area contributed by atoms with Crippen LogP contribution in [0.15, 0.2) is 54.6 Å². The smallest absolute Gasteiger partial charge is 0.234 e. The van der Waals surface area contributed by atoms with Gasteiger partial charge in [-0.2, -0.15) is 0 Å². The zero-order valence-corrected chi connectivity index (χ0v) is 13.2. The van der Waals surface area contributed by atoms with Gasteiger partial charge in [-0.05, 0) is 30.8 Å². The molecule has 0 radical (unpaired) electrons. The second-order valence-electron chi connectivity index (χ2n) is 6.36. The summed E-state index contributed by atoms with van der Waals surface area (Å²) < 4.78 is 0. The van der Waals surface area contributed by atoms with Gasteiger partial charge in [-0.3, -0.25) is 4.79 Å². The topological polar surface area (TPSA) is 32.3 Å². The molecule has 0 unspecified atom stereocenters. The number of rotatable bonds is 4. The van der Waals surface area contributed by atoms with Crippen LogP contribution in [0.1, 0.15) is 16.7 Å². The molecule has 22 heavy (non-hydrogen) atoms. The molecule has 0 aliphatic heterocycles. The summed E-state index contributed by atoms with van der Waals surface area (Å²) in [5.74, 6) is 0.0710. The standard InChI is InChI=1S/C19H22N2O/c1-21(2)14-18(22)20-19(17-10-4-3-5-11-17)12-15-8-6-7-9-16(15)13-19/h3-11H,12-14H2,1-2H3,(H,20,22). The predicted molar refractivity (Wildman–Crippen MR) is 88.7 cm³/mol. The molecule has 1 N–H and O–H groups in total. The van der Waals surface area contributed by atoms with Crippen LogP contribution in [-0.4, -0.2) is 31.4 Å². The van der Waals surface area contributed by atoms with E-state index in [1.165, 1.54) is 16.7 Å². The number of amides is 1. The zero-order valence-electron chi connectivity index (χ0n) is 13.2. The molecule has 0 bridgehead atoms. The van der Waals surface area contributed by atoms with Crippen LogP contribution in [0, 0.1) is 0 Å². The molecule has 0 aromatic heterocycles. The van der Waals surface area contributed by atoms with E-state index < -0.39 is 0 Å². The van der Waals surface area contributed by atoms with E-state index >= 15 is 0 Å². The predicted octanol–water partition coefficient (Wildman–Crippen LogP) is 2.36. The molecule has 0 heterocycles. The van der Waals surface area contributed by atoms with E-state index in [0.717, 1.165) is 12.8 Å². The highest BCUT2D eigenvalue weighted by molar-refractivity contribution is 5.79. The number of likely N-dealkylation sites (N-methyl/N-ethyl adjacent to an activating group) is 1. The molecule has 1 aliphatic rings. The molecule has 3 heteroatoms. The van der Waals surface area contributed by atoms with Crippen LogP contribution in [0.3, 0.4) is 0 Å². The van der Waals surface area contributed by atoms with Gasteiger partial charge >= 0.3 is 0 Å². The van der Waals surface area contributed by atoms with Crippen molar-refractivity contribution in [3.8, 4) is 0 Å². The Morgan fingerprint density at radius 3 is 2.09 bits per heavy atom. The van der Waals surface area contributed by atoms with Gasteiger partial charge in [0.1, 0.15) is 0 Å². The van der Waals surface area contributed by atoms with E-state index in [-0.39, 0.29) is 11.4 Å². The Balaban J connectivity index is 1.93. The first kappa shape index (κ1) is 14.8. The molecular weight excluding hydrogens is 272 g/mol. The number of carbonyl (C=O) groups is 1. The third-order valence-electron chi connectivity index (χ3n) is 4.27. The number of hydrogen-bond acceptors (Lipinski definition) is 2. The first-order valence-electron chi connectivity index (χ1n) is 7.67. The molecule has 1 aliphatic carbocycles. The third-order valence-corrected chi connectivity index (χ3v) is 4.27. The van der Waals surface area contributed by atoms with Crippen molar-refractivity contribution >= 4 is 5.91 Å². The van der Waals surface area contributed by atoms with Gasteiger partial charge in [0.15, 0.2) is 0 Å². The van der Waals surface area contributed by atoms with Gasteiger partial charge in [-0.25, -0.2) is 0 Å². The fourth-order valence-electron chi connectivity index (χ4n) is 3.33. The minimum atomic E-state index is -0.321. The van der Waals surface area contributed by atoms with Gasteiger partial charge in [-0.1, -0.05) is 54.6 Å². The van der Waals surface area contributed by atoms with Crippen molar-refractivity contribution in [2.24, 2.45) is 0 Å². The lowest BCUT2D eigenvalue weighted by molar-refractivity contribution is -0.123. The van der Waals surface area contributed by atoms with Crippen molar-refractivity contribution in [2.45, 2.75) is 18.4 Å². The van der Waals surface area contributed by atoms with Crippen LogP contribution in [0.25, 0.3) is 0 Å². The average Bonchev–Trinajstić information content (AvgIpc) is 2.86. The molecular formula is C19H22N2O. The minimum absolute atomic E-state index is 0.0710. The molecule has 1 amide bonds. The molecule has 0 fully saturated rings. The molecule has 114 valence electrons. The molecule has 0 spiro atoms. The van der Waals surface area contributed by atoms with Crippen LogP contribution in [0.5, 0.6) is 0 Å². The summed E-state index contributed by atoms with van der Waals surface area (Å²) in [6.07, 6.45) is 1.71. The highest BCUT2D eigenvalue weighted by atomic mass is 16.2. The number of nitrogens with one attached hydrogen (secondary N) is 1. The maximum atomic E-state index is 12.4. The van der Waals surface area contributed by atoms with Crippen LogP contribution in [-0.2, 0) is 23.2 Å². The largest absolute Gasteiger partial charge is 0.345 e. The number of hydrogen-bond donors (Lipinski definition) is 1. The SMILES string of the molecule is CN(C)CC(=O)NC1(c2ccccc2)Cc2ccccc2C1. The Hall–Kier alpha value is -2.13. The van der Waals surface area contributed by atoms with Gasteiger partial charge in [0, 0.05) is 12.8 Å². The fraction of sp³-hybridized carbons (Fsp3) is 0.316. The summed E-state index contributed by atoms with van der Waals surface area (Å²) in [6, 6.07) is 18.8. The number of nitrogens with zero attached hydrogens (tertiary/aromatic N) is 1. The lowest BCUT2D eigenvalue weighted by Gasteiger charge is -2.31. The molecule has 2 aromatic rings. The first-order chi connectivity index (χ1) is 10.6. The van der Waals surface area contributed by atoms with Gasteiger partial charge in [-0.15, -0.1) is 0 Å². The highest BCUT2D eigenvalue weighted by Gasteiger charge is 2.39. The van der Waals surface area contributed by atoms with Crippen molar-refractivity contribution in [2.75, 3.05) is 20.6 Å². The van der Waals surface area contributed by atoms with Crippen LogP contribution in [0.4, 0.5) is 0 Å². The number of fused-ring (bicyclic) bond motifs is 1. The molecule has 0 saturated heterocycles. The van der Waals surface area contributed by atoms with E-state index in [1.807, 2.05) is 37.2 Å². The van der Waals surface area contributed by atoms with Gasteiger partial charge in [0.25, 0.3) is 0 Å². The summed E-state index contributed by atoms with van der Waals surface area (Å²) in [6.45, 7) is 0.408. The van der Waals surface area contributed by atoms with E-state index in [1.54, 1.807) is 0 Å². The molecule has 0 saturated carbocycles. The van der Waals surface area contributed by atoms with Gasteiger partial charge in [0.2, 0.25) is 5.91 Å². The van der Waals surface area contributed by atoms with Gasteiger partial charge < -0.3 is 10.2 Å². The quantitative estimate of drug-likeness (QED) is 0.939. The third kappa shape index (κ3) is 2.90. The van der Waals surface area contributed by atoms with Crippen LogP contribution >= 0.6 is 0 Å². The fourth-order valence-corrected chi connectivity index (χ4v) is 3.33. The Kier molecular flexibility index (Phi) is 3.99. The zero-order chi connectivity index (χ0) is 15.6. The van der Waals surface area contributed by atoms with Crippen molar-refractivity contribution in [3.63, 3.8) is 0 Å². The molecule has 0 atom stereocenters. The number of benzene rings is 2. The molecule has 2 aromatic carbocycles. The summed E-state index contributed by atoms with van der Waals surface area (Å²) in [5, 5.41) is 3.31. The van der Waals surface area contributed by atoms with Crippen molar-refractivity contribution in [1.29, 1.82) is 0 Å². The van der Waals surface area contributed by atoms with Crippen LogP contribution < -0.4 is 5.32 Å². The normalized spacial score (nSPS) is 15.6. The maximum Gasteiger partial charge on any atom is 0.234 e. The Morgan fingerprint density at radius 2 is 1.55 bits per heavy atom. The maximum absolute atomic E-state index is 12.4. The number of carbonyl (C=O) groups excluding carboxylic acids is 1. The Morgan fingerprint density at radius 1 is 1.00 bits per heavy atom. The average molecular weight is 294 g/mol. The minimum Gasteiger partial charge on any atom is -0.345 e. The van der Waals surface area contributed by atoms with Crippen molar-refractivity contribution in [1.82, 2.24) is 10.2 Å². The summed E-state index contributed by atoms with van der Waals surface area (Å²) in [4.78, 5) is 14.3. The van der Waals surface area contributed by atoms with E-state index in [4.69, 9.17) is 0 Å². The lowest BCUT2D eigenvalue weighted by Crippen LogP contribution is -2.49. The van der Waals surface area contributed by atoms with E-state index in [2.05, 4.69) is 41.7 Å². The molecule has 3 rings (SSSR count). The van der Waals surface area contributed by atoms with E-state index in [9.17, 15) is 4.79 Å². The molecule has 3 nitrogen and oxygen atoms in total. The summed E-state index contributed by atoms with van der Waals surface area (Å²) in [5.41, 5.74) is 3.52. The summed E-state index contributed by atoms with van der Waals surface area (Å²) in [7, 11) is 3.83. The first-order valence-corrected chi connectivity index (χ1v) is 7.67. The highest BCUT2D eigenvalue weighted by Crippen LogP contribution is 2.37. The Labute approximate surface area is 132 Å². The monoisotopic (exact) mass is 294 g/mol. The van der Waals surface area contributed by atoms with Gasteiger partial charge in [0.05, 0.1) is 12.1 Å². The summed E-state index contributed by atoms with van der Waals surface area (Å²) >= 11 is 0. The second kappa shape index (κ2) is 5.93.